The van der Waals surface area contributed by atoms with Crippen molar-refractivity contribution in [3.8, 4) is 40.1 Å². The molecule has 2 aromatic carbocycles. The lowest BCUT2D eigenvalue weighted by Crippen LogP contribution is -2.11. The molecule has 0 unspecified atom stereocenters. The van der Waals surface area contributed by atoms with Crippen LogP contribution in [0.25, 0.3) is 22.3 Å². The van der Waals surface area contributed by atoms with E-state index in [0.717, 1.165) is 24.3 Å². The Labute approximate surface area is 122 Å². The van der Waals surface area contributed by atoms with Gasteiger partial charge in [0.2, 0.25) is 0 Å². The lowest BCUT2D eigenvalue weighted by atomic mass is 10.1. The summed E-state index contributed by atoms with van der Waals surface area (Å²) in [5.41, 5.74) is -1.10. The van der Waals surface area contributed by atoms with E-state index < -0.39 is 28.4 Å². The van der Waals surface area contributed by atoms with E-state index >= 15 is 0 Å². The van der Waals surface area contributed by atoms with Gasteiger partial charge in [-0.15, -0.1) is 0 Å². The molecule has 1 heterocycles. The molecule has 0 aliphatic carbocycles. The summed E-state index contributed by atoms with van der Waals surface area (Å²) in [5.74, 6) is -3.18. The van der Waals surface area contributed by atoms with Gasteiger partial charge in [-0.1, -0.05) is 0 Å². The average molecular weight is 301 g/mol. The predicted molar refractivity (Wildman–Crippen MR) is 74.0 cm³/mol. The van der Waals surface area contributed by atoms with E-state index in [4.69, 9.17) is 4.42 Å². The van der Waals surface area contributed by atoms with Crippen molar-refractivity contribution in [3.63, 3.8) is 0 Å². The van der Waals surface area contributed by atoms with Crippen LogP contribution in [0.5, 0.6) is 28.7 Å². The molecule has 0 aliphatic rings. The molecule has 0 atom stereocenters. The molecule has 0 saturated heterocycles. The highest BCUT2D eigenvalue weighted by atomic mass is 16.4. The number of benzene rings is 2. The van der Waals surface area contributed by atoms with E-state index in [2.05, 4.69) is 0 Å². The Balaban J connectivity index is 2.38. The second kappa shape index (κ2) is 4.59. The predicted octanol–water partition coefficient (Wildman–Crippen LogP) is 1.36. The van der Waals surface area contributed by atoms with Crippen LogP contribution in [-0.4, -0.2) is 20.4 Å². The summed E-state index contributed by atoms with van der Waals surface area (Å²) in [5, 5.41) is 49.6. The second-order valence-corrected chi connectivity index (χ2v) is 4.63. The molecule has 0 aliphatic heterocycles. The van der Waals surface area contributed by atoms with Crippen LogP contribution in [0.4, 0.5) is 0 Å². The fraction of sp³-hybridized carbons (Fsp3) is 0. The first-order valence-electron chi connectivity index (χ1n) is 6.10. The summed E-state index contributed by atoms with van der Waals surface area (Å²) in [6.07, 6.45) is 0. The molecule has 3 aromatic rings. The third-order valence-electron chi connectivity index (χ3n) is 3.16. The van der Waals surface area contributed by atoms with Crippen LogP contribution < -0.4 is 10.5 Å². The van der Waals surface area contributed by atoms with Crippen molar-refractivity contribution >= 4 is 11.0 Å². The molecular formula is C15H9O7-. The number of rotatable bonds is 1. The van der Waals surface area contributed by atoms with Crippen molar-refractivity contribution in [2.45, 2.75) is 0 Å². The minimum absolute atomic E-state index is 0.0714. The molecule has 0 spiro atoms. The van der Waals surface area contributed by atoms with E-state index in [1.165, 1.54) is 6.07 Å². The minimum Gasteiger partial charge on any atom is -0.867 e. The maximum atomic E-state index is 12.1. The largest absolute Gasteiger partial charge is 0.867 e. The van der Waals surface area contributed by atoms with Gasteiger partial charge in [-0.2, -0.15) is 0 Å². The zero-order chi connectivity index (χ0) is 16.0. The highest BCUT2D eigenvalue weighted by molar-refractivity contribution is 5.88. The third kappa shape index (κ3) is 1.96. The van der Waals surface area contributed by atoms with Gasteiger partial charge >= 0.3 is 0 Å². The molecule has 22 heavy (non-hydrogen) atoms. The first kappa shape index (κ1) is 13.6. The summed E-state index contributed by atoms with van der Waals surface area (Å²) < 4.78 is 5.29. The standard InChI is InChI=1S/C15H10O7/c16-7-4-10(19)12-11(5-7)22-15(14(21)13(12)20)6-1-2-8(17)9(18)3-6/h1-5,16-19,21H/p-1. The van der Waals surface area contributed by atoms with Crippen molar-refractivity contribution in [1.29, 1.82) is 0 Å². The van der Waals surface area contributed by atoms with Gasteiger partial charge in [0.1, 0.15) is 28.2 Å². The smallest absolute Gasteiger partial charge is 0.189 e. The molecule has 0 radical (unpaired) electrons. The van der Waals surface area contributed by atoms with Crippen molar-refractivity contribution in [2.24, 2.45) is 0 Å². The zero-order valence-corrected chi connectivity index (χ0v) is 10.9. The van der Waals surface area contributed by atoms with E-state index in [-0.39, 0.29) is 28.0 Å². The molecule has 0 fully saturated rings. The van der Waals surface area contributed by atoms with Gasteiger partial charge < -0.3 is 29.9 Å². The average Bonchev–Trinajstić information content (AvgIpc) is 2.45. The summed E-state index contributed by atoms with van der Waals surface area (Å²) in [6.45, 7) is 0. The van der Waals surface area contributed by atoms with Crippen molar-refractivity contribution in [2.75, 3.05) is 0 Å². The van der Waals surface area contributed by atoms with E-state index in [1.54, 1.807) is 0 Å². The van der Waals surface area contributed by atoms with Gasteiger partial charge in [0.05, 0.1) is 0 Å². The molecule has 7 nitrogen and oxygen atoms in total. The van der Waals surface area contributed by atoms with Gasteiger partial charge in [-0.05, 0) is 23.9 Å². The third-order valence-corrected chi connectivity index (χ3v) is 3.16. The fourth-order valence-corrected chi connectivity index (χ4v) is 2.12. The van der Waals surface area contributed by atoms with Crippen LogP contribution in [0.1, 0.15) is 0 Å². The summed E-state index contributed by atoms with van der Waals surface area (Å²) in [4.78, 5) is 12.1. The highest BCUT2D eigenvalue weighted by Crippen LogP contribution is 2.36. The maximum absolute atomic E-state index is 12.1. The van der Waals surface area contributed by atoms with Crippen molar-refractivity contribution in [3.05, 3.63) is 40.6 Å². The number of aromatic hydroxyl groups is 4. The molecule has 3 rings (SSSR count). The van der Waals surface area contributed by atoms with Crippen LogP contribution in [-0.2, 0) is 0 Å². The second-order valence-electron chi connectivity index (χ2n) is 4.63. The van der Waals surface area contributed by atoms with Gasteiger partial charge in [0.25, 0.3) is 0 Å². The number of fused-ring (bicyclic) bond motifs is 1. The fourth-order valence-electron chi connectivity index (χ4n) is 2.12. The molecular weight excluding hydrogens is 292 g/mol. The summed E-state index contributed by atoms with van der Waals surface area (Å²) in [6, 6.07) is 5.48. The first-order chi connectivity index (χ1) is 10.4. The molecule has 7 heteroatoms. The lowest BCUT2D eigenvalue weighted by Gasteiger charge is -2.14. The molecule has 4 N–H and O–H groups in total. The maximum Gasteiger partial charge on any atom is 0.189 e. The van der Waals surface area contributed by atoms with Crippen molar-refractivity contribution < 1.29 is 29.9 Å². The molecule has 0 bridgehead atoms. The molecule has 1 aromatic heterocycles. The van der Waals surface area contributed by atoms with Crippen LogP contribution in [0.2, 0.25) is 0 Å². The van der Waals surface area contributed by atoms with E-state index in [9.17, 15) is 30.3 Å². The van der Waals surface area contributed by atoms with Gasteiger partial charge in [0.15, 0.2) is 16.9 Å². The summed E-state index contributed by atoms with van der Waals surface area (Å²) in [7, 11) is 0. The SMILES string of the molecule is O=c1c([O-])c(-c2ccc(O)c(O)c2)oc2cc(O)cc(O)c12. The zero-order valence-electron chi connectivity index (χ0n) is 10.9. The molecule has 0 saturated carbocycles. The molecule has 112 valence electrons. The normalized spacial score (nSPS) is 10.9. The number of phenols is 4. The topological polar surface area (TPSA) is 134 Å². The Bertz CT molecular complexity index is 956. The Morgan fingerprint density at radius 1 is 0.909 bits per heavy atom. The van der Waals surface area contributed by atoms with Gasteiger partial charge in [-0.25, -0.2) is 0 Å². The monoisotopic (exact) mass is 301 g/mol. The Morgan fingerprint density at radius 3 is 2.32 bits per heavy atom. The lowest BCUT2D eigenvalue weighted by molar-refractivity contribution is -0.270. The van der Waals surface area contributed by atoms with Gasteiger partial charge in [0, 0.05) is 17.7 Å². The van der Waals surface area contributed by atoms with Crippen LogP contribution >= 0.6 is 0 Å². The Morgan fingerprint density at radius 2 is 1.64 bits per heavy atom. The van der Waals surface area contributed by atoms with Crippen LogP contribution in [0, 0.1) is 0 Å². The Kier molecular flexibility index (Phi) is 2.84. The van der Waals surface area contributed by atoms with E-state index in [1.807, 2.05) is 0 Å². The highest BCUT2D eigenvalue weighted by Gasteiger charge is 2.15. The quantitative estimate of drug-likeness (QED) is 0.498. The first-order valence-corrected chi connectivity index (χ1v) is 6.10. The van der Waals surface area contributed by atoms with Crippen molar-refractivity contribution in [1.82, 2.24) is 0 Å². The van der Waals surface area contributed by atoms with E-state index in [0.29, 0.717) is 0 Å². The number of phenolic OH excluding ortho intramolecular Hbond substituents is 4. The van der Waals surface area contributed by atoms with Crippen LogP contribution in [0.15, 0.2) is 39.5 Å². The van der Waals surface area contributed by atoms with Crippen LogP contribution in [0.3, 0.4) is 0 Å². The minimum atomic E-state index is -1.02. The molecule has 0 amide bonds. The summed E-state index contributed by atoms with van der Waals surface area (Å²) >= 11 is 0. The number of hydrogen-bond acceptors (Lipinski definition) is 7. The number of hydrogen-bond donors (Lipinski definition) is 4. The Hall–Kier alpha value is -3.35. The van der Waals surface area contributed by atoms with Gasteiger partial charge in [-0.3, -0.25) is 4.79 Å².